The summed E-state index contributed by atoms with van der Waals surface area (Å²) < 4.78 is 5.66. The second kappa shape index (κ2) is 5.41. The molecule has 1 atom stereocenters. The third kappa shape index (κ3) is 3.01. The Morgan fingerprint density at radius 2 is 2.00 bits per heavy atom. The second-order valence-electron chi connectivity index (χ2n) is 3.68. The smallest absolute Gasteiger partial charge is 0.233 e. The van der Waals surface area contributed by atoms with Crippen LogP contribution in [0.3, 0.4) is 0 Å². The number of hydrogen-bond acceptors (Lipinski definition) is 4. The van der Waals surface area contributed by atoms with Gasteiger partial charge in [0.2, 0.25) is 5.88 Å². The molecule has 0 amide bonds. The van der Waals surface area contributed by atoms with E-state index in [-0.39, 0.29) is 12.7 Å². The summed E-state index contributed by atoms with van der Waals surface area (Å²) in [5.74, 6) is 0.424. The van der Waals surface area contributed by atoms with Crippen LogP contribution in [-0.4, -0.2) is 15.1 Å². The zero-order chi connectivity index (χ0) is 12.1. The maximum atomic E-state index is 8.96. The van der Waals surface area contributed by atoms with E-state index >= 15 is 0 Å². The van der Waals surface area contributed by atoms with Gasteiger partial charge in [-0.1, -0.05) is 30.3 Å². The zero-order valence-corrected chi connectivity index (χ0v) is 9.58. The van der Waals surface area contributed by atoms with Crippen molar-refractivity contribution in [2.24, 2.45) is 0 Å². The van der Waals surface area contributed by atoms with Crippen molar-refractivity contribution in [1.29, 1.82) is 0 Å². The SMILES string of the molecule is CC(Oc1cncc(CO)n1)c1ccccc1. The molecule has 1 aromatic carbocycles. The minimum atomic E-state index is -0.135. The van der Waals surface area contributed by atoms with Crippen LogP contribution in [0.4, 0.5) is 0 Å². The minimum absolute atomic E-state index is 0.0977. The van der Waals surface area contributed by atoms with Crippen molar-refractivity contribution in [2.45, 2.75) is 19.6 Å². The first-order valence-corrected chi connectivity index (χ1v) is 5.43. The van der Waals surface area contributed by atoms with Gasteiger partial charge in [-0.15, -0.1) is 0 Å². The van der Waals surface area contributed by atoms with Crippen molar-refractivity contribution in [1.82, 2.24) is 9.97 Å². The molecule has 2 rings (SSSR count). The van der Waals surface area contributed by atoms with E-state index in [2.05, 4.69) is 9.97 Å². The van der Waals surface area contributed by atoms with E-state index in [4.69, 9.17) is 9.84 Å². The monoisotopic (exact) mass is 230 g/mol. The van der Waals surface area contributed by atoms with E-state index in [1.807, 2.05) is 37.3 Å². The highest BCUT2D eigenvalue weighted by atomic mass is 16.5. The first kappa shape index (κ1) is 11.5. The zero-order valence-electron chi connectivity index (χ0n) is 9.58. The van der Waals surface area contributed by atoms with Crippen LogP contribution in [0.15, 0.2) is 42.7 Å². The van der Waals surface area contributed by atoms with Crippen molar-refractivity contribution < 1.29 is 9.84 Å². The van der Waals surface area contributed by atoms with Crippen LogP contribution in [0, 0.1) is 0 Å². The molecular weight excluding hydrogens is 216 g/mol. The lowest BCUT2D eigenvalue weighted by Gasteiger charge is -2.14. The molecule has 4 nitrogen and oxygen atoms in total. The first-order valence-electron chi connectivity index (χ1n) is 5.43. The Labute approximate surface area is 99.9 Å². The van der Waals surface area contributed by atoms with Gasteiger partial charge in [-0.2, -0.15) is 0 Å². The van der Waals surface area contributed by atoms with Crippen LogP contribution < -0.4 is 4.74 Å². The molecule has 0 saturated carbocycles. The highest BCUT2D eigenvalue weighted by molar-refractivity contribution is 5.18. The fourth-order valence-electron chi connectivity index (χ4n) is 1.49. The highest BCUT2D eigenvalue weighted by Gasteiger charge is 2.08. The van der Waals surface area contributed by atoms with E-state index in [1.54, 1.807) is 6.20 Å². The summed E-state index contributed by atoms with van der Waals surface area (Å²) in [4.78, 5) is 8.08. The predicted octanol–water partition coefficient (Wildman–Crippen LogP) is 2.11. The summed E-state index contributed by atoms with van der Waals surface area (Å²) in [6.07, 6.45) is 2.96. The molecule has 17 heavy (non-hydrogen) atoms. The molecule has 0 fully saturated rings. The number of benzene rings is 1. The van der Waals surface area contributed by atoms with Crippen molar-refractivity contribution in [2.75, 3.05) is 0 Å². The van der Waals surface area contributed by atoms with Crippen molar-refractivity contribution in [3.8, 4) is 5.88 Å². The molecule has 0 aliphatic heterocycles. The van der Waals surface area contributed by atoms with Gasteiger partial charge in [-0.25, -0.2) is 4.98 Å². The summed E-state index contributed by atoms with van der Waals surface area (Å²) in [7, 11) is 0. The summed E-state index contributed by atoms with van der Waals surface area (Å²) in [6.45, 7) is 1.81. The van der Waals surface area contributed by atoms with Crippen LogP contribution in [0.1, 0.15) is 24.3 Å². The minimum Gasteiger partial charge on any atom is -0.469 e. The summed E-state index contributed by atoms with van der Waals surface area (Å²) in [6, 6.07) is 9.88. The molecule has 4 heteroatoms. The number of aliphatic hydroxyl groups excluding tert-OH is 1. The standard InChI is InChI=1S/C13H14N2O2/c1-10(11-5-3-2-4-6-11)17-13-8-14-7-12(9-16)15-13/h2-8,10,16H,9H2,1H3. The molecule has 1 N–H and O–H groups in total. The molecule has 0 aliphatic carbocycles. The average Bonchev–Trinajstić information content (AvgIpc) is 2.40. The maximum Gasteiger partial charge on any atom is 0.233 e. The molecule has 1 heterocycles. The molecule has 0 aliphatic rings. The van der Waals surface area contributed by atoms with Crippen LogP contribution in [0.2, 0.25) is 0 Å². The van der Waals surface area contributed by atoms with E-state index < -0.39 is 0 Å². The van der Waals surface area contributed by atoms with Gasteiger partial charge in [0.15, 0.2) is 0 Å². The van der Waals surface area contributed by atoms with Crippen LogP contribution in [0.5, 0.6) is 5.88 Å². The van der Waals surface area contributed by atoms with Crippen molar-refractivity contribution in [3.63, 3.8) is 0 Å². The Kier molecular flexibility index (Phi) is 3.67. The third-order valence-corrected chi connectivity index (χ3v) is 2.39. The van der Waals surface area contributed by atoms with Crippen LogP contribution >= 0.6 is 0 Å². The molecule has 0 radical (unpaired) electrons. The molecule has 1 aromatic heterocycles. The van der Waals surface area contributed by atoms with Crippen molar-refractivity contribution >= 4 is 0 Å². The molecule has 2 aromatic rings. The number of hydrogen-bond donors (Lipinski definition) is 1. The predicted molar refractivity (Wildman–Crippen MR) is 63.4 cm³/mol. The Balaban J connectivity index is 2.10. The summed E-state index contributed by atoms with van der Waals surface area (Å²) >= 11 is 0. The number of aliphatic hydroxyl groups is 1. The number of rotatable bonds is 4. The Hall–Kier alpha value is -1.94. The van der Waals surface area contributed by atoms with Crippen molar-refractivity contribution in [3.05, 3.63) is 54.0 Å². The molecule has 0 saturated heterocycles. The van der Waals surface area contributed by atoms with Gasteiger partial charge in [0.1, 0.15) is 6.10 Å². The van der Waals surface area contributed by atoms with Gasteiger partial charge in [0.25, 0.3) is 0 Å². The van der Waals surface area contributed by atoms with Crippen LogP contribution in [0.25, 0.3) is 0 Å². The Morgan fingerprint density at radius 1 is 1.24 bits per heavy atom. The molecule has 1 unspecified atom stereocenters. The van der Waals surface area contributed by atoms with E-state index in [1.165, 1.54) is 6.20 Å². The largest absolute Gasteiger partial charge is 0.469 e. The number of nitrogens with zero attached hydrogens (tertiary/aromatic N) is 2. The first-order chi connectivity index (χ1) is 8.29. The van der Waals surface area contributed by atoms with Gasteiger partial charge in [-0.05, 0) is 12.5 Å². The Morgan fingerprint density at radius 3 is 2.71 bits per heavy atom. The topological polar surface area (TPSA) is 55.2 Å². The fourth-order valence-corrected chi connectivity index (χ4v) is 1.49. The van der Waals surface area contributed by atoms with Gasteiger partial charge < -0.3 is 9.84 Å². The number of aromatic nitrogens is 2. The van der Waals surface area contributed by atoms with Crippen LogP contribution in [-0.2, 0) is 6.61 Å². The van der Waals surface area contributed by atoms with Gasteiger partial charge in [0.05, 0.1) is 24.7 Å². The summed E-state index contributed by atoms with van der Waals surface area (Å²) in [5, 5.41) is 8.96. The van der Waals surface area contributed by atoms with Gasteiger partial charge in [-0.3, -0.25) is 4.98 Å². The highest BCUT2D eigenvalue weighted by Crippen LogP contribution is 2.18. The van der Waals surface area contributed by atoms with E-state index in [0.29, 0.717) is 11.6 Å². The quantitative estimate of drug-likeness (QED) is 0.874. The molecule has 0 spiro atoms. The van der Waals surface area contributed by atoms with Gasteiger partial charge in [0, 0.05) is 0 Å². The van der Waals surface area contributed by atoms with Gasteiger partial charge >= 0.3 is 0 Å². The molecule has 88 valence electrons. The molecular formula is C13H14N2O2. The second-order valence-corrected chi connectivity index (χ2v) is 3.68. The average molecular weight is 230 g/mol. The lowest BCUT2D eigenvalue weighted by molar-refractivity contribution is 0.212. The third-order valence-electron chi connectivity index (χ3n) is 2.39. The Bertz CT molecular complexity index is 474. The molecule has 0 bridgehead atoms. The lowest BCUT2D eigenvalue weighted by atomic mass is 10.1. The fraction of sp³-hybridized carbons (Fsp3) is 0.231. The van der Waals surface area contributed by atoms with E-state index in [0.717, 1.165) is 5.56 Å². The maximum absolute atomic E-state index is 8.96. The normalized spacial score (nSPS) is 12.1. The lowest BCUT2D eigenvalue weighted by Crippen LogP contribution is -2.05. The van der Waals surface area contributed by atoms with E-state index in [9.17, 15) is 0 Å². The number of ether oxygens (including phenoxy) is 1. The summed E-state index contributed by atoms with van der Waals surface area (Å²) in [5.41, 5.74) is 1.58.